The van der Waals surface area contributed by atoms with Crippen molar-refractivity contribution in [1.29, 1.82) is 5.26 Å². The van der Waals surface area contributed by atoms with Crippen molar-refractivity contribution in [3.8, 4) is 40.2 Å². The van der Waals surface area contributed by atoms with Gasteiger partial charge in [-0.1, -0.05) is 11.8 Å². The molecule has 5 rings (SSSR count). The van der Waals surface area contributed by atoms with Crippen LogP contribution in [0.25, 0.3) is 27.8 Å². The van der Waals surface area contributed by atoms with E-state index in [9.17, 15) is 5.26 Å². The van der Waals surface area contributed by atoms with Gasteiger partial charge in [-0.3, -0.25) is 9.58 Å². The smallest absolute Gasteiger partial charge is 0.128 e. The molecule has 0 amide bonds. The third-order valence-corrected chi connectivity index (χ3v) is 6.70. The van der Waals surface area contributed by atoms with Crippen LogP contribution >= 0.6 is 0 Å². The maximum Gasteiger partial charge on any atom is 0.128 e. The molecule has 1 saturated heterocycles. The average Bonchev–Trinajstić information content (AvgIpc) is 3.56. The van der Waals surface area contributed by atoms with E-state index < -0.39 is 0 Å². The van der Waals surface area contributed by atoms with Crippen molar-refractivity contribution in [2.75, 3.05) is 45.2 Å². The fraction of sp³-hybridized carbons (Fsp3) is 0.379. The Bertz CT molecular complexity index is 1490. The minimum atomic E-state index is 0.274. The van der Waals surface area contributed by atoms with Crippen LogP contribution in [0.3, 0.4) is 0 Å². The first kappa shape index (κ1) is 25.5. The summed E-state index contributed by atoms with van der Waals surface area (Å²) in [5, 5.41) is 18.4. The van der Waals surface area contributed by atoms with Gasteiger partial charge in [0.15, 0.2) is 0 Å². The highest BCUT2D eigenvalue weighted by Gasteiger charge is 2.21. The van der Waals surface area contributed by atoms with Crippen LogP contribution in [0.4, 0.5) is 5.82 Å². The summed E-state index contributed by atoms with van der Waals surface area (Å²) in [4.78, 5) is 9.17. The molecule has 0 saturated carbocycles. The van der Waals surface area contributed by atoms with E-state index in [1.165, 1.54) is 0 Å². The zero-order chi connectivity index (χ0) is 26.5. The Balaban J connectivity index is 1.27. The summed E-state index contributed by atoms with van der Waals surface area (Å²) >= 11 is 0. The number of aromatic nitrogens is 5. The van der Waals surface area contributed by atoms with Crippen LogP contribution in [0.2, 0.25) is 0 Å². The minimum Gasteiger partial charge on any atom is -0.377 e. The lowest BCUT2D eigenvalue weighted by Crippen LogP contribution is -2.37. The van der Waals surface area contributed by atoms with Crippen molar-refractivity contribution in [1.82, 2.24) is 29.3 Å². The number of piperidine rings is 1. The Morgan fingerprint density at radius 2 is 1.87 bits per heavy atom. The Labute approximate surface area is 223 Å². The predicted octanol–water partition coefficient (Wildman–Crippen LogP) is 3.61. The summed E-state index contributed by atoms with van der Waals surface area (Å²) in [6.07, 6.45) is 12.2. The van der Waals surface area contributed by atoms with Crippen LogP contribution in [0.15, 0.2) is 49.2 Å². The second-order valence-corrected chi connectivity index (χ2v) is 9.81. The molecule has 38 heavy (non-hydrogen) atoms. The van der Waals surface area contributed by atoms with E-state index in [0.29, 0.717) is 12.2 Å². The van der Waals surface area contributed by atoms with Gasteiger partial charge < -0.3 is 9.64 Å². The number of nitrogens with zero attached hydrogens (tertiary/aromatic N) is 8. The van der Waals surface area contributed by atoms with Crippen LogP contribution in [0.1, 0.15) is 24.8 Å². The lowest BCUT2D eigenvalue weighted by atomic mass is 10.0. The molecule has 0 aliphatic carbocycles. The molecule has 0 spiro atoms. The van der Waals surface area contributed by atoms with Gasteiger partial charge in [-0.05, 0) is 45.1 Å². The molecule has 0 N–H and O–H groups in total. The molecule has 9 heteroatoms. The molecule has 0 unspecified atom stereocenters. The van der Waals surface area contributed by atoms with Crippen molar-refractivity contribution in [2.24, 2.45) is 7.05 Å². The third-order valence-electron chi connectivity index (χ3n) is 6.70. The maximum atomic E-state index is 9.68. The number of fused-ring (bicyclic) bond motifs is 1. The zero-order valence-electron chi connectivity index (χ0n) is 22.1. The standard InChI is InChI=1S/C29H32N8O/c1-34(2)11-5-4-6-14-38-26-9-12-36(13-10-26)28-8-7-22(17-31-28)27-15-23(25-19-32-35(3)20-25)21-37-29(27)24(16-30)18-33-37/h7-8,15,17-21,26H,6,9-14H2,1-3H3. The van der Waals surface area contributed by atoms with E-state index in [2.05, 4.69) is 56.1 Å². The first-order valence-corrected chi connectivity index (χ1v) is 12.9. The van der Waals surface area contributed by atoms with Crippen molar-refractivity contribution < 1.29 is 4.74 Å². The SMILES string of the molecule is CN(C)CC#CCCOC1CCN(c2ccc(-c3cc(-c4cnn(C)c4)cn4ncc(C#N)c34)cn2)CC1. The number of rotatable bonds is 7. The maximum absolute atomic E-state index is 9.68. The number of ether oxygens (including phenoxy) is 1. The molecule has 0 radical (unpaired) electrons. The van der Waals surface area contributed by atoms with Gasteiger partial charge in [0, 0.05) is 67.4 Å². The van der Waals surface area contributed by atoms with Gasteiger partial charge in [0.25, 0.3) is 0 Å². The molecular formula is C29H32N8O. The number of nitriles is 1. The largest absolute Gasteiger partial charge is 0.377 e. The topological polar surface area (TPSA) is 87.5 Å². The van der Waals surface area contributed by atoms with Crippen LogP contribution < -0.4 is 4.90 Å². The van der Waals surface area contributed by atoms with Crippen LogP contribution in [-0.2, 0) is 11.8 Å². The molecule has 0 bridgehead atoms. The third kappa shape index (κ3) is 5.70. The number of anilines is 1. The molecule has 1 fully saturated rings. The van der Waals surface area contributed by atoms with E-state index in [-0.39, 0.29) is 6.10 Å². The molecule has 1 aliphatic heterocycles. The molecule has 0 aromatic carbocycles. The normalized spacial score (nSPS) is 14.0. The van der Waals surface area contributed by atoms with Crippen molar-refractivity contribution in [2.45, 2.75) is 25.4 Å². The lowest BCUT2D eigenvalue weighted by molar-refractivity contribution is 0.0407. The summed E-state index contributed by atoms with van der Waals surface area (Å²) in [5.41, 5.74) is 5.13. The Kier molecular flexibility index (Phi) is 7.69. The van der Waals surface area contributed by atoms with Crippen molar-refractivity contribution >= 4 is 11.3 Å². The highest BCUT2D eigenvalue weighted by atomic mass is 16.5. The summed E-state index contributed by atoms with van der Waals surface area (Å²) < 4.78 is 9.59. The second kappa shape index (κ2) is 11.5. The summed E-state index contributed by atoms with van der Waals surface area (Å²) in [7, 11) is 5.93. The second-order valence-electron chi connectivity index (χ2n) is 9.81. The first-order valence-electron chi connectivity index (χ1n) is 12.9. The van der Waals surface area contributed by atoms with Gasteiger partial charge in [0.2, 0.25) is 0 Å². The van der Waals surface area contributed by atoms with E-state index in [0.717, 1.165) is 72.5 Å². The fourth-order valence-electron chi connectivity index (χ4n) is 4.71. The van der Waals surface area contributed by atoms with Gasteiger partial charge in [0.1, 0.15) is 11.9 Å². The summed E-state index contributed by atoms with van der Waals surface area (Å²) in [5.74, 6) is 7.28. The summed E-state index contributed by atoms with van der Waals surface area (Å²) in [6, 6.07) is 8.49. The van der Waals surface area contributed by atoms with Crippen LogP contribution in [0.5, 0.6) is 0 Å². The molecule has 194 valence electrons. The van der Waals surface area contributed by atoms with E-state index in [1.54, 1.807) is 15.4 Å². The molecule has 9 nitrogen and oxygen atoms in total. The number of pyridine rings is 2. The van der Waals surface area contributed by atoms with E-state index in [1.807, 2.05) is 45.9 Å². The number of aryl methyl sites for hydroxylation is 1. The molecule has 0 atom stereocenters. The van der Waals surface area contributed by atoms with Gasteiger partial charge >= 0.3 is 0 Å². The Morgan fingerprint density at radius 3 is 2.55 bits per heavy atom. The van der Waals surface area contributed by atoms with E-state index >= 15 is 0 Å². The highest BCUT2D eigenvalue weighted by Crippen LogP contribution is 2.32. The Hall–Kier alpha value is -4.18. The quantitative estimate of drug-likeness (QED) is 0.278. The van der Waals surface area contributed by atoms with Crippen LogP contribution in [-0.4, -0.2) is 75.7 Å². The summed E-state index contributed by atoms with van der Waals surface area (Å²) in [6.45, 7) is 3.29. The van der Waals surface area contributed by atoms with Crippen molar-refractivity contribution in [3.05, 3.63) is 54.7 Å². The van der Waals surface area contributed by atoms with Crippen LogP contribution in [0, 0.1) is 23.2 Å². The monoisotopic (exact) mass is 508 g/mol. The van der Waals surface area contributed by atoms with E-state index in [4.69, 9.17) is 9.72 Å². The molecule has 5 heterocycles. The zero-order valence-corrected chi connectivity index (χ0v) is 22.1. The van der Waals surface area contributed by atoms with Crippen molar-refractivity contribution in [3.63, 3.8) is 0 Å². The van der Waals surface area contributed by atoms with Gasteiger partial charge in [-0.25, -0.2) is 9.50 Å². The Morgan fingerprint density at radius 1 is 1.03 bits per heavy atom. The molecular weight excluding hydrogens is 476 g/mol. The molecule has 4 aromatic heterocycles. The average molecular weight is 509 g/mol. The van der Waals surface area contributed by atoms with Gasteiger partial charge in [-0.2, -0.15) is 15.5 Å². The van der Waals surface area contributed by atoms with Gasteiger partial charge in [-0.15, -0.1) is 0 Å². The lowest BCUT2D eigenvalue weighted by Gasteiger charge is -2.32. The highest BCUT2D eigenvalue weighted by molar-refractivity contribution is 5.87. The predicted molar refractivity (Wildman–Crippen MR) is 147 cm³/mol. The molecule has 1 aliphatic rings. The fourth-order valence-corrected chi connectivity index (χ4v) is 4.71. The minimum absolute atomic E-state index is 0.274. The number of hydrogen-bond acceptors (Lipinski definition) is 7. The molecule has 4 aromatic rings. The van der Waals surface area contributed by atoms with Gasteiger partial charge in [0.05, 0.1) is 42.7 Å². The first-order chi connectivity index (χ1) is 18.5. The number of hydrogen-bond donors (Lipinski definition) is 0.